The summed E-state index contributed by atoms with van der Waals surface area (Å²) >= 11 is 7.75. The number of nitrogens with two attached hydrogens (primary N) is 1. The van der Waals surface area contributed by atoms with Crippen molar-refractivity contribution in [2.75, 3.05) is 23.7 Å². The van der Waals surface area contributed by atoms with Gasteiger partial charge in [0.05, 0.1) is 16.0 Å². The summed E-state index contributed by atoms with van der Waals surface area (Å²) in [6.45, 7) is 3.29. The first-order valence-corrected chi connectivity index (χ1v) is 7.60. The summed E-state index contributed by atoms with van der Waals surface area (Å²) in [5.41, 5.74) is 6.03. The molecular formula is C12H15ClN4OS. The topological polar surface area (TPSA) is 72.1 Å². The highest BCUT2D eigenvalue weighted by Crippen LogP contribution is 2.41. The Labute approximate surface area is 120 Å². The summed E-state index contributed by atoms with van der Waals surface area (Å²) in [6, 6.07) is 0. The number of amides is 1. The number of anilines is 1. The summed E-state index contributed by atoms with van der Waals surface area (Å²) in [4.78, 5) is 23.4. The van der Waals surface area contributed by atoms with Crippen molar-refractivity contribution in [3.63, 3.8) is 0 Å². The smallest absolute Gasteiger partial charge is 0.225 e. The Morgan fingerprint density at radius 3 is 3.00 bits per heavy atom. The molecule has 1 atom stereocenters. The number of aryl methyl sites for hydroxylation is 1. The van der Waals surface area contributed by atoms with Gasteiger partial charge in [0.25, 0.3) is 0 Å². The molecule has 0 aromatic carbocycles. The van der Waals surface area contributed by atoms with Gasteiger partial charge in [-0.2, -0.15) is 4.98 Å². The highest BCUT2D eigenvalue weighted by atomic mass is 35.5. The van der Waals surface area contributed by atoms with E-state index in [1.165, 1.54) is 0 Å². The van der Waals surface area contributed by atoms with E-state index in [-0.39, 0.29) is 11.2 Å². The van der Waals surface area contributed by atoms with Crippen LogP contribution in [0.15, 0.2) is 4.90 Å². The Balaban J connectivity index is 1.95. The van der Waals surface area contributed by atoms with Gasteiger partial charge < -0.3 is 10.6 Å². The van der Waals surface area contributed by atoms with Crippen molar-refractivity contribution < 1.29 is 4.79 Å². The van der Waals surface area contributed by atoms with Crippen molar-refractivity contribution in [1.82, 2.24) is 9.97 Å². The van der Waals surface area contributed by atoms with Crippen molar-refractivity contribution in [3.05, 3.63) is 11.0 Å². The quantitative estimate of drug-likeness (QED) is 0.837. The van der Waals surface area contributed by atoms with Crippen molar-refractivity contribution in [3.8, 4) is 0 Å². The number of fused-ring (bicyclic) bond motifs is 1. The molecule has 0 bridgehead atoms. The molecule has 1 amide bonds. The highest BCUT2D eigenvalue weighted by molar-refractivity contribution is 7.99. The maximum atomic E-state index is 11.5. The third-order valence-electron chi connectivity index (χ3n) is 3.84. The van der Waals surface area contributed by atoms with Crippen LogP contribution in [0.3, 0.4) is 0 Å². The zero-order chi connectivity index (χ0) is 13.6. The van der Waals surface area contributed by atoms with E-state index >= 15 is 0 Å². The van der Waals surface area contributed by atoms with Crippen LogP contribution in [0, 0.1) is 5.41 Å². The highest BCUT2D eigenvalue weighted by Gasteiger charge is 2.40. The van der Waals surface area contributed by atoms with E-state index in [9.17, 15) is 4.79 Å². The number of primary amides is 1. The maximum absolute atomic E-state index is 11.5. The second-order valence-corrected chi connectivity index (χ2v) is 6.73. The van der Waals surface area contributed by atoms with Crippen LogP contribution in [-0.4, -0.2) is 34.7 Å². The summed E-state index contributed by atoms with van der Waals surface area (Å²) < 4.78 is 0. The number of thioether (sulfide) groups is 1. The normalized spacial score (nSPS) is 25.7. The molecule has 2 aliphatic rings. The van der Waals surface area contributed by atoms with Gasteiger partial charge in [-0.3, -0.25) is 4.79 Å². The molecule has 1 unspecified atom stereocenters. The number of carbonyl (C=O) groups is 1. The van der Waals surface area contributed by atoms with Gasteiger partial charge in [0.15, 0.2) is 0 Å². The molecule has 1 saturated heterocycles. The fourth-order valence-electron chi connectivity index (χ4n) is 2.58. The number of halogens is 1. The van der Waals surface area contributed by atoms with Gasteiger partial charge in [-0.05, 0) is 24.9 Å². The number of aromatic nitrogens is 2. The number of hydrogen-bond donors (Lipinski definition) is 1. The van der Waals surface area contributed by atoms with Gasteiger partial charge in [-0.1, -0.05) is 0 Å². The molecule has 1 fully saturated rings. The third-order valence-corrected chi connectivity index (χ3v) is 5.13. The van der Waals surface area contributed by atoms with E-state index in [0.717, 1.165) is 41.5 Å². The second-order valence-electron chi connectivity index (χ2n) is 5.29. The molecule has 2 aliphatic heterocycles. The Bertz CT molecular complexity index is 553. The second kappa shape index (κ2) is 4.52. The lowest BCUT2D eigenvalue weighted by atomic mass is 9.89. The molecular weight excluding hydrogens is 284 g/mol. The molecule has 5 nitrogen and oxygen atoms in total. The van der Waals surface area contributed by atoms with Gasteiger partial charge in [0.1, 0.15) is 5.82 Å². The Kier molecular flexibility index (Phi) is 3.09. The fraction of sp³-hybridized carbons (Fsp3) is 0.583. The van der Waals surface area contributed by atoms with E-state index in [4.69, 9.17) is 17.3 Å². The third kappa shape index (κ3) is 2.17. The van der Waals surface area contributed by atoms with Crippen LogP contribution in [0.4, 0.5) is 5.82 Å². The lowest BCUT2D eigenvalue weighted by Gasteiger charge is -2.23. The number of nitrogens with zero attached hydrogens (tertiary/aromatic N) is 3. The monoisotopic (exact) mass is 298 g/mol. The van der Waals surface area contributed by atoms with E-state index < -0.39 is 5.41 Å². The average molecular weight is 299 g/mol. The Morgan fingerprint density at radius 1 is 1.53 bits per heavy atom. The standard InChI is InChI=1S/C12H15ClN4OS/c1-12(10(14)18)3-4-17(6-12)9-8-7(2-5-19-8)15-11(13)16-9/h2-6H2,1H3,(H2,14,18). The summed E-state index contributed by atoms with van der Waals surface area (Å²) in [6.07, 6.45) is 1.68. The van der Waals surface area contributed by atoms with Gasteiger partial charge in [-0.25, -0.2) is 4.98 Å². The average Bonchev–Trinajstić information content (AvgIpc) is 2.95. The van der Waals surface area contributed by atoms with E-state index in [1.807, 2.05) is 6.92 Å². The molecule has 0 spiro atoms. The molecule has 1 aromatic heterocycles. The molecule has 19 heavy (non-hydrogen) atoms. The Hall–Kier alpha value is -1.01. The Morgan fingerprint density at radius 2 is 2.32 bits per heavy atom. The summed E-state index contributed by atoms with van der Waals surface area (Å²) in [7, 11) is 0. The molecule has 7 heteroatoms. The van der Waals surface area contributed by atoms with Gasteiger partial charge in [0.2, 0.25) is 11.2 Å². The molecule has 2 N–H and O–H groups in total. The number of hydrogen-bond acceptors (Lipinski definition) is 5. The maximum Gasteiger partial charge on any atom is 0.225 e. The zero-order valence-corrected chi connectivity index (χ0v) is 12.2. The first kappa shape index (κ1) is 13.0. The predicted molar refractivity (Wildman–Crippen MR) is 75.6 cm³/mol. The molecule has 3 heterocycles. The van der Waals surface area contributed by atoms with Crippen LogP contribution in [-0.2, 0) is 11.2 Å². The molecule has 0 saturated carbocycles. The minimum atomic E-state index is -0.479. The van der Waals surface area contributed by atoms with Crippen LogP contribution < -0.4 is 10.6 Å². The molecule has 1 aromatic rings. The van der Waals surface area contributed by atoms with Crippen molar-refractivity contribution in [1.29, 1.82) is 0 Å². The molecule has 0 radical (unpaired) electrons. The number of carbonyl (C=O) groups excluding carboxylic acids is 1. The molecule has 3 rings (SSSR count). The van der Waals surface area contributed by atoms with Crippen molar-refractivity contribution in [2.24, 2.45) is 11.1 Å². The summed E-state index contributed by atoms with van der Waals surface area (Å²) in [5.74, 6) is 1.63. The SMILES string of the molecule is CC1(C(N)=O)CCN(c2nc(Cl)nc3c2SCC3)C1. The predicted octanol–water partition coefficient (Wildman–Crippen LogP) is 1.48. The lowest BCUT2D eigenvalue weighted by Crippen LogP contribution is -2.37. The van der Waals surface area contributed by atoms with E-state index in [2.05, 4.69) is 14.9 Å². The van der Waals surface area contributed by atoms with Gasteiger partial charge >= 0.3 is 0 Å². The van der Waals surface area contributed by atoms with Crippen LogP contribution >= 0.6 is 23.4 Å². The first-order valence-electron chi connectivity index (χ1n) is 6.24. The fourth-order valence-corrected chi connectivity index (χ4v) is 3.88. The molecule has 0 aliphatic carbocycles. The van der Waals surface area contributed by atoms with Crippen LogP contribution in [0.1, 0.15) is 19.0 Å². The van der Waals surface area contributed by atoms with Crippen LogP contribution in [0.25, 0.3) is 0 Å². The van der Waals surface area contributed by atoms with Crippen LogP contribution in [0.2, 0.25) is 5.28 Å². The zero-order valence-electron chi connectivity index (χ0n) is 10.6. The molecule has 102 valence electrons. The summed E-state index contributed by atoms with van der Waals surface area (Å²) in [5, 5.41) is 0.281. The van der Waals surface area contributed by atoms with Gasteiger partial charge in [-0.15, -0.1) is 11.8 Å². The lowest BCUT2D eigenvalue weighted by molar-refractivity contribution is -0.125. The van der Waals surface area contributed by atoms with Crippen molar-refractivity contribution >= 4 is 35.1 Å². The largest absolute Gasteiger partial charge is 0.369 e. The van der Waals surface area contributed by atoms with Gasteiger partial charge in [0, 0.05) is 25.3 Å². The van der Waals surface area contributed by atoms with E-state index in [0.29, 0.717) is 6.54 Å². The minimum absolute atomic E-state index is 0.251. The minimum Gasteiger partial charge on any atom is -0.369 e. The van der Waals surface area contributed by atoms with Crippen molar-refractivity contribution in [2.45, 2.75) is 24.7 Å². The first-order chi connectivity index (χ1) is 8.99. The van der Waals surface area contributed by atoms with Crippen LogP contribution in [0.5, 0.6) is 0 Å². The van der Waals surface area contributed by atoms with E-state index in [1.54, 1.807) is 11.8 Å². The number of rotatable bonds is 2.